The highest BCUT2D eigenvalue weighted by Crippen LogP contribution is 2.38. The van der Waals surface area contributed by atoms with Crippen LogP contribution in [0.5, 0.6) is 5.88 Å². The number of hydrogen-bond donors (Lipinski definition) is 0. The number of hydrogen-bond acceptors (Lipinski definition) is 2. The van der Waals surface area contributed by atoms with Gasteiger partial charge in [0.25, 0.3) is 0 Å². The second-order valence-electron chi connectivity index (χ2n) is 2.97. The van der Waals surface area contributed by atoms with E-state index >= 15 is 0 Å². The van der Waals surface area contributed by atoms with Crippen molar-refractivity contribution in [3.05, 3.63) is 20.9 Å². The minimum Gasteiger partial charge on any atom is -0.387 e. The third-order valence-electron chi connectivity index (χ3n) is 1.68. The maximum absolute atomic E-state index is 12.5. The number of halogens is 8. The van der Waals surface area contributed by atoms with Crippen molar-refractivity contribution in [3.8, 4) is 5.88 Å². The van der Waals surface area contributed by atoms with Gasteiger partial charge in [-0.2, -0.15) is 13.2 Å². The molecule has 1 aromatic heterocycles. The zero-order chi connectivity index (χ0) is 14.1. The quantitative estimate of drug-likeness (QED) is 0.432. The Hall–Kier alpha value is -0.810. The summed E-state index contributed by atoms with van der Waals surface area (Å²) in [6.07, 6.45) is -10.4. The minimum absolute atomic E-state index is 0.246. The van der Waals surface area contributed by atoms with Gasteiger partial charge in [-0.3, -0.25) is 0 Å². The summed E-state index contributed by atoms with van der Waals surface area (Å²) >= 11 is 1.32. The molecule has 18 heavy (non-hydrogen) atoms. The van der Waals surface area contributed by atoms with Gasteiger partial charge in [-0.1, -0.05) is 0 Å². The Labute approximate surface area is 109 Å². The molecule has 0 unspecified atom stereocenters. The lowest BCUT2D eigenvalue weighted by atomic mass is 10.2. The number of pyridine rings is 1. The molecule has 0 aromatic carbocycles. The van der Waals surface area contributed by atoms with Crippen LogP contribution in [0, 0.1) is 3.70 Å². The predicted octanol–water partition coefficient (Wildman–Crippen LogP) is 4.07. The van der Waals surface area contributed by atoms with Gasteiger partial charge in [-0.05, 0) is 28.7 Å². The van der Waals surface area contributed by atoms with Crippen molar-refractivity contribution < 1.29 is 35.5 Å². The van der Waals surface area contributed by atoms with Crippen molar-refractivity contribution in [1.82, 2.24) is 4.98 Å². The molecule has 0 saturated heterocycles. The summed E-state index contributed by atoms with van der Waals surface area (Å²) in [5.41, 5.74) is -2.23. The molecule has 0 aliphatic carbocycles. The summed E-state index contributed by atoms with van der Waals surface area (Å²) in [6, 6.07) is 0.246. The van der Waals surface area contributed by atoms with E-state index in [0.717, 1.165) is 0 Å². The highest BCUT2D eigenvalue weighted by Gasteiger charge is 2.41. The van der Waals surface area contributed by atoms with E-state index in [0.29, 0.717) is 0 Å². The van der Waals surface area contributed by atoms with Gasteiger partial charge in [0, 0.05) is 5.56 Å². The normalized spacial score (nSPS) is 12.7. The Balaban J connectivity index is 3.35. The molecule has 1 aromatic rings. The largest absolute Gasteiger partial charge is 0.574 e. The highest BCUT2D eigenvalue weighted by atomic mass is 127. The molecule has 1 heterocycles. The van der Waals surface area contributed by atoms with E-state index in [1.165, 1.54) is 22.6 Å². The third kappa shape index (κ3) is 3.85. The Morgan fingerprint density at radius 1 is 1.17 bits per heavy atom. The lowest BCUT2D eigenvalue weighted by molar-refractivity contribution is -0.278. The van der Waals surface area contributed by atoms with Crippen LogP contribution in [0.1, 0.15) is 11.1 Å². The zero-order valence-corrected chi connectivity index (χ0v) is 10.3. The summed E-state index contributed by atoms with van der Waals surface area (Å²) in [6.45, 7) is -1.28. The van der Waals surface area contributed by atoms with Gasteiger partial charge in [0.15, 0.2) is 0 Å². The fourth-order valence-electron chi connectivity index (χ4n) is 1.00. The van der Waals surface area contributed by atoms with Crippen LogP contribution in [0.4, 0.5) is 30.7 Å². The third-order valence-corrected chi connectivity index (χ3v) is 2.61. The molecule has 0 atom stereocenters. The average molecular weight is 389 g/mol. The van der Waals surface area contributed by atoms with E-state index in [-0.39, 0.29) is 9.77 Å². The SMILES string of the molecule is FCc1cc(C(F)(F)F)c(OC(F)(F)F)nc1I. The monoisotopic (exact) mass is 389 g/mol. The molecule has 0 spiro atoms. The molecule has 2 nitrogen and oxygen atoms in total. The van der Waals surface area contributed by atoms with Crippen molar-refractivity contribution in [3.63, 3.8) is 0 Å². The van der Waals surface area contributed by atoms with Crippen LogP contribution in [0.2, 0.25) is 0 Å². The molecular formula is C8H3F7INO. The molecule has 0 saturated carbocycles. The molecule has 10 heteroatoms. The van der Waals surface area contributed by atoms with Crippen LogP contribution in [-0.4, -0.2) is 11.3 Å². The summed E-state index contributed by atoms with van der Waals surface area (Å²) in [5.74, 6) is -1.64. The summed E-state index contributed by atoms with van der Waals surface area (Å²) in [4.78, 5) is 2.98. The topological polar surface area (TPSA) is 22.1 Å². The Morgan fingerprint density at radius 3 is 2.11 bits per heavy atom. The van der Waals surface area contributed by atoms with E-state index in [9.17, 15) is 30.7 Å². The second-order valence-corrected chi connectivity index (χ2v) is 3.99. The summed E-state index contributed by atoms with van der Waals surface area (Å²) < 4.78 is 88.3. The molecule has 1 rings (SSSR count). The van der Waals surface area contributed by atoms with Crippen molar-refractivity contribution in [2.75, 3.05) is 0 Å². The first-order valence-electron chi connectivity index (χ1n) is 4.13. The van der Waals surface area contributed by atoms with E-state index in [4.69, 9.17) is 0 Å². The Bertz CT molecular complexity index is 442. The van der Waals surface area contributed by atoms with Gasteiger partial charge in [0.05, 0.1) is 0 Å². The standard InChI is InChI=1S/C8H3F7INO/c9-2-3-1-4(7(10,11)12)6(17-5(3)16)18-8(13,14)15/h1H,2H2. The second kappa shape index (κ2) is 5.05. The van der Waals surface area contributed by atoms with E-state index in [2.05, 4.69) is 9.72 Å². The molecule has 102 valence electrons. The van der Waals surface area contributed by atoms with Crippen LogP contribution < -0.4 is 4.74 Å². The lowest BCUT2D eigenvalue weighted by Gasteiger charge is -2.15. The molecule has 0 fully saturated rings. The van der Waals surface area contributed by atoms with Crippen molar-refractivity contribution in [1.29, 1.82) is 0 Å². The number of ether oxygens (including phenoxy) is 1. The van der Waals surface area contributed by atoms with Gasteiger partial charge in [-0.25, -0.2) is 9.37 Å². The van der Waals surface area contributed by atoms with Gasteiger partial charge in [-0.15, -0.1) is 13.2 Å². The van der Waals surface area contributed by atoms with Crippen LogP contribution >= 0.6 is 22.6 Å². The molecule has 0 radical (unpaired) electrons. The highest BCUT2D eigenvalue weighted by molar-refractivity contribution is 14.1. The van der Waals surface area contributed by atoms with Gasteiger partial charge in [0.1, 0.15) is 15.9 Å². The van der Waals surface area contributed by atoms with Gasteiger partial charge < -0.3 is 4.74 Å². The van der Waals surface area contributed by atoms with Crippen LogP contribution in [0.25, 0.3) is 0 Å². The fraction of sp³-hybridized carbons (Fsp3) is 0.375. The average Bonchev–Trinajstić information content (AvgIpc) is 2.13. The first kappa shape index (κ1) is 15.2. The first-order valence-corrected chi connectivity index (χ1v) is 5.21. The first-order chi connectivity index (χ1) is 8.04. The molecular weight excluding hydrogens is 386 g/mol. The zero-order valence-electron chi connectivity index (χ0n) is 8.16. The maximum Gasteiger partial charge on any atom is 0.574 e. The lowest BCUT2D eigenvalue weighted by Crippen LogP contribution is -2.21. The fourth-order valence-corrected chi connectivity index (χ4v) is 1.52. The number of alkyl halides is 7. The molecule has 0 N–H and O–H groups in total. The summed E-state index contributed by atoms with van der Waals surface area (Å²) in [5, 5.41) is 0. The van der Waals surface area contributed by atoms with Gasteiger partial charge in [0.2, 0.25) is 5.88 Å². The number of aromatic nitrogens is 1. The van der Waals surface area contributed by atoms with E-state index in [1.54, 1.807) is 0 Å². The number of nitrogens with zero attached hydrogens (tertiary/aromatic N) is 1. The van der Waals surface area contributed by atoms with Crippen LogP contribution in [-0.2, 0) is 12.9 Å². The number of rotatable bonds is 2. The van der Waals surface area contributed by atoms with E-state index in [1.807, 2.05) is 0 Å². The van der Waals surface area contributed by atoms with Crippen molar-refractivity contribution in [2.24, 2.45) is 0 Å². The maximum atomic E-state index is 12.5. The molecule has 0 bridgehead atoms. The molecule has 0 amide bonds. The summed E-state index contributed by atoms with van der Waals surface area (Å²) in [7, 11) is 0. The molecule has 0 aliphatic heterocycles. The minimum atomic E-state index is -5.31. The predicted molar refractivity (Wildman–Crippen MR) is 53.5 cm³/mol. The Morgan fingerprint density at radius 2 is 1.72 bits per heavy atom. The van der Waals surface area contributed by atoms with E-state index < -0.39 is 36.2 Å². The smallest absolute Gasteiger partial charge is 0.387 e. The van der Waals surface area contributed by atoms with Gasteiger partial charge >= 0.3 is 12.5 Å². The van der Waals surface area contributed by atoms with Crippen LogP contribution in [0.3, 0.4) is 0 Å². The van der Waals surface area contributed by atoms with Crippen molar-refractivity contribution in [2.45, 2.75) is 19.2 Å². The molecule has 0 aliphatic rings. The van der Waals surface area contributed by atoms with Crippen molar-refractivity contribution >= 4 is 22.6 Å². The Kier molecular flexibility index (Phi) is 4.28. The van der Waals surface area contributed by atoms with Crippen LogP contribution in [0.15, 0.2) is 6.07 Å².